The summed E-state index contributed by atoms with van der Waals surface area (Å²) in [5.41, 5.74) is 0. The Morgan fingerprint density at radius 1 is 1.38 bits per heavy atom. The van der Waals surface area contributed by atoms with E-state index in [1.165, 1.54) is 6.92 Å². The number of carboxylic acid groups (broad SMARTS) is 1. The predicted octanol–water partition coefficient (Wildman–Crippen LogP) is -0.296. The van der Waals surface area contributed by atoms with Gasteiger partial charge < -0.3 is 9.94 Å². The number of imide groups is 1. The Labute approximate surface area is 90.9 Å². The van der Waals surface area contributed by atoms with Gasteiger partial charge in [-0.2, -0.15) is 0 Å². The van der Waals surface area contributed by atoms with Crippen molar-refractivity contribution in [2.45, 2.75) is 26.2 Å². The molecular formula is C9H11NO6. The van der Waals surface area contributed by atoms with Gasteiger partial charge in [-0.15, -0.1) is 5.06 Å². The zero-order valence-corrected chi connectivity index (χ0v) is 8.63. The van der Waals surface area contributed by atoms with Gasteiger partial charge in [-0.05, 0) is 0 Å². The van der Waals surface area contributed by atoms with Crippen molar-refractivity contribution in [3.63, 3.8) is 0 Å². The van der Waals surface area contributed by atoms with E-state index in [0.29, 0.717) is 5.06 Å². The first-order valence-corrected chi connectivity index (χ1v) is 4.71. The molecule has 0 aromatic heterocycles. The average molecular weight is 229 g/mol. The smallest absolute Gasteiger partial charge is 0.336 e. The number of rotatable bonds is 4. The summed E-state index contributed by atoms with van der Waals surface area (Å²) in [4.78, 5) is 48.3. The molecule has 88 valence electrons. The van der Waals surface area contributed by atoms with Crippen molar-refractivity contribution >= 4 is 23.8 Å². The molecule has 1 rings (SSSR count). The Morgan fingerprint density at radius 3 is 2.31 bits per heavy atom. The van der Waals surface area contributed by atoms with Crippen LogP contribution in [-0.2, 0) is 24.0 Å². The molecule has 1 heterocycles. The summed E-state index contributed by atoms with van der Waals surface area (Å²) in [7, 11) is 0. The Kier molecular flexibility index (Phi) is 3.60. The van der Waals surface area contributed by atoms with Gasteiger partial charge in [0.15, 0.2) is 0 Å². The fourth-order valence-electron chi connectivity index (χ4n) is 1.18. The minimum Gasteiger partial charge on any atom is -0.481 e. The molecule has 7 heteroatoms. The molecule has 0 aliphatic carbocycles. The van der Waals surface area contributed by atoms with E-state index in [-0.39, 0.29) is 12.8 Å². The van der Waals surface area contributed by atoms with Gasteiger partial charge >= 0.3 is 11.9 Å². The van der Waals surface area contributed by atoms with Crippen LogP contribution in [0.4, 0.5) is 0 Å². The summed E-state index contributed by atoms with van der Waals surface area (Å²) in [6, 6.07) is 0. The van der Waals surface area contributed by atoms with E-state index in [0.717, 1.165) is 0 Å². The van der Waals surface area contributed by atoms with Gasteiger partial charge in [0.25, 0.3) is 11.8 Å². The molecule has 1 atom stereocenters. The zero-order valence-electron chi connectivity index (χ0n) is 8.63. The number of hydrogen-bond acceptors (Lipinski definition) is 5. The highest BCUT2D eigenvalue weighted by Gasteiger charge is 2.34. The Hall–Kier alpha value is -1.92. The summed E-state index contributed by atoms with van der Waals surface area (Å²) < 4.78 is 0. The van der Waals surface area contributed by atoms with Crippen LogP contribution in [0, 0.1) is 5.92 Å². The molecular weight excluding hydrogens is 218 g/mol. The highest BCUT2D eigenvalue weighted by molar-refractivity contribution is 6.01. The zero-order chi connectivity index (χ0) is 12.3. The Morgan fingerprint density at radius 2 is 1.88 bits per heavy atom. The molecule has 1 aliphatic rings. The largest absolute Gasteiger partial charge is 0.481 e. The fourth-order valence-corrected chi connectivity index (χ4v) is 1.18. The third-order valence-corrected chi connectivity index (χ3v) is 2.07. The maximum absolute atomic E-state index is 11.3. The molecule has 1 aliphatic heterocycles. The van der Waals surface area contributed by atoms with Gasteiger partial charge in [-0.25, -0.2) is 4.79 Å². The molecule has 0 aromatic carbocycles. The van der Waals surface area contributed by atoms with Gasteiger partial charge in [-0.1, -0.05) is 6.92 Å². The number of carboxylic acids is 1. The minimum absolute atomic E-state index is 0.0133. The molecule has 7 nitrogen and oxygen atoms in total. The number of hydroxylamine groups is 2. The van der Waals surface area contributed by atoms with Crippen LogP contribution in [0.3, 0.4) is 0 Å². The highest BCUT2D eigenvalue weighted by atomic mass is 16.7. The molecule has 0 radical (unpaired) electrons. The van der Waals surface area contributed by atoms with E-state index in [1.807, 2.05) is 0 Å². The second-order valence-electron chi connectivity index (χ2n) is 3.49. The standard InChI is InChI=1S/C9H11NO6/c1-5(4-8(13)14)9(15)16-10-6(11)2-3-7(10)12/h5H,2-4H2,1H3,(H,13,14). The molecule has 1 fully saturated rings. The lowest BCUT2D eigenvalue weighted by Gasteiger charge is -2.14. The molecule has 0 saturated carbocycles. The van der Waals surface area contributed by atoms with E-state index in [9.17, 15) is 19.2 Å². The second kappa shape index (κ2) is 4.73. The molecule has 16 heavy (non-hydrogen) atoms. The molecule has 1 unspecified atom stereocenters. The van der Waals surface area contributed by atoms with E-state index in [1.54, 1.807) is 0 Å². The molecule has 0 spiro atoms. The van der Waals surface area contributed by atoms with Gasteiger partial charge in [0.1, 0.15) is 0 Å². The van der Waals surface area contributed by atoms with Crippen LogP contribution in [0.2, 0.25) is 0 Å². The lowest BCUT2D eigenvalue weighted by Crippen LogP contribution is -2.34. The summed E-state index contributed by atoms with van der Waals surface area (Å²) in [5, 5.41) is 8.85. The number of hydrogen-bond donors (Lipinski definition) is 1. The lowest BCUT2D eigenvalue weighted by molar-refractivity contribution is -0.200. The summed E-state index contributed by atoms with van der Waals surface area (Å²) in [5.74, 6) is -4.12. The van der Waals surface area contributed by atoms with Crippen molar-refractivity contribution < 1.29 is 29.1 Å². The highest BCUT2D eigenvalue weighted by Crippen LogP contribution is 2.14. The van der Waals surface area contributed by atoms with Crippen LogP contribution in [0.5, 0.6) is 0 Å². The Balaban J connectivity index is 2.53. The molecule has 0 aromatic rings. The van der Waals surface area contributed by atoms with Crippen molar-refractivity contribution in [1.29, 1.82) is 0 Å². The van der Waals surface area contributed by atoms with Gasteiger partial charge in [-0.3, -0.25) is 14.4 Å². The van der Waals surface area contributed by atoms with Crippen molar-refractivity contribution in [2.75, 3.05) is 0 Å². The SMILES string of the molecule is CC(CC(=O)O)C(=O)ON1C(=O)CCC1=O. The summed E-state index contributed by atoms with van der Waals surface area (Å²) in [6.07, 6.45) is -0.381. The number of amides is 2. The minimum atomic E-state index is -1.15. The molecule has 1 N–H and O–H groups in total. The monoisotopic (exact) mass is 229 g/mol. The second-order valence-corrected chi connectivity index (χ2v) is 3.49. The lowest BCUT2D eigenvalue weighted by atomic mass is 10.1. The third-order valence-electron chi connectivity index (χ3n) is 2.07. The van der Waals surface area contributed by atoms with Crippen LogP contribution in [-0.4, -0.2) is 33.9 Å². The molecule has 1 saturated heterocycles. The van der Waals surface area contributed by atoms with Gasteiger partial charge in [0, 0.05) is 12.8 Å². The van der Waals surface area contributed by atoms with Crippen molar-refractivity contribution in [3.8, 4) is 0 Å². The van der Waals surface area contributed by atoms with Crippen molar-refractivity contribution in [1.82, 2.24) is 5.06 Å². The molecule has 2 amide bonds. The molecule has 0 bridgehead atoms. The van der Waals surface area contributed by atoms with Crippen LogP contribution in [0.1, 0.15) is 26.2 Å². The normalized spacial score (nSPS) is 17.4. The van der Waals surface area contributed by atoms with Gasteiger partial charge in [0.2, 0.25) is 0 Å². The Bertz CT molecular complexity index is 334. The first-order chi connectivity index (χ1) is 7.41. The maximum atomic E-state index is 11.3. The first kappa shape index (κ1) is 12.2. The predicted molar refractivity (Wildman–Crippen MR) is 48.6 cm³/mol. The van der Waals surface area contributed by atoms with E-state index in [2.05, 4.69) is 4.84 Å². The maximum Gasteiger partial charge on any atom is 0.336 e. The van der Waals surface area contributed by atoms with Crippen molar-refractivity contribution in [3.05, 3.63) is 0 Å². The van der Waals surface area contributed by atoms with Crippen LogP contribution < -0.4 is 0 Å². The van der Waals surface area contributed by atoms with E-state index < -0.39 is 36.1 Å². The van der Waals surface area contributed by atoms with E-state index in [4.69, 9.17) is 5.11 Å². The fraction of sp³-hybridized carbons (Fsp3) is 0.556. The number of aliphatic carboxylic acids is 1. The quantitative estimate of drug-likeness (QED) is 0.664. The first-order valence-electron chi connectivity index (χ1n) is 4.71. The third kappa shape index (κ3) is 2.78. The number of carbonyl (C=O) groups excluding carboxylic acids is 3. The summed E-state index contributed by atoms with van der Waals surface area (Å²) in [6.45, 7) is 1.35. The number of carbonyl (C=O) groups is 4. The van der Waals surface area contributed by atoms with Crippen LogP contribution in [0.15, 0.2) is 0 Å². The van der Waals surface area contributed by atoms with Gasteiger partial charge in [0.05, 0.1) is 12.3 Å². The average Bonchev–Trinajstić information content (AvgIpc) is 2.48. The van der Waals surface area contributed by atoms with Crippen LogP contribution >= 0.6 is 0 Å². The topological polar surface area (TPSA) is 101 Å². The van der Waals surface area contributed by atoms with Crippen molar-refractivity contribution in [2.24, 2.45) is 5.92 Å². The summed E-state index contributed by atoms with van der Waals surface area (Å²) >= 11 is 0. The number of nitrogens with zero attached hydrogens (tertiary/aromatic N) is 1. The van der Waals surface area contributed by atoms with E-state index >= 15 is 0 Å². The van der Waals surface area contributed by atoms with Crippen LogP contribution in [0.25, 0.3) is 0 Å².